The smallest absolute Gasteiger partial charge is 0.332 e. The van der Waals surface area contributed by atoms with Crippen LogP contribution < -0.4 is 16.0 Å². The Hall–Kier alpha value is -2.65. The molecule has 0 amide bonds. The average molecular weight is 374 g/mol. The first-order chi connectivity index (χ1) is 12.5. The largest absolute Gasteiger partial charge is 0.496 e. The molecule has 0 aliphatic carbocycles. The molecule has 3 aromatic rings. The average Bonchev–Trinajstić information content (AvgIpc) is 2.68. The van der Waals surface area contributed by atoms with Gasteiger partial charge >= 0.3 is 5.69 Å². The summed E-state index contributed by atoms with van der Waals surface area (Å²) in [5, 5.41) is 9.84. The summed E-state index contributed by atoms with van der Waals surface area (Å²) in [5.74, 6) is 1.29. The number of benzene rings is 1. The fraction of sp³-hybridized carbons (Fsp3) is 0.294. The number of nitrogens with zero attached hydrogens (tertiary/aromatic N) is 4. The molecule has 0 spiro atoms. The van der Waals surface area contributed by atoms with Gasteiger partial charge < -0.3 is 9.84 Å². The summed E-state index contributed by atoms with van der Waals surface area (Å²) < 4.78 is 7.71. The Balaban J connectivity index is 2.41. The van der Waals surface area contributed by atoms with Crippen LogP contribution in [-0.2, 0) is 14.1 Å². The van der Waals surface area contributed by atoms with Gasteiger partial charge in [0.15, 0.2) is 11.5 Å². The summed E-state index contributed by atoms with van der Waals surface area (Å²) in [6.07, 6.45) is 0. The van der Waals surface area contributed by atoms with Gasteiger partial charge in [0, 0.05) is 19.8 Å². The first-order valence-electron chi connectivity index (χ1n) is 7.84. The number of methoxy groups -OCH3 is 1. The number of thioether (sulfide) groups is 1. The highest BCUT2D eigenvalue weighted by Crippen LogP contribution is 2.30. The second kappa shape index (κ2) is 7.30. The summed E-state index contributed by atoms with van der Waals surface area (Å²) in [6, 6.07) is 7.25. The molecule has 3 rings (SSSR count). The SMILES string of the molecule is COc1ccccc1-c1nc(SCCO)c2c(=O)n(C)c(=O)n(C)c2n1. The molecule has 0 fully saturated rings. The maximum absolute atomic E-state index is 12.6. The van der Waals surface area contributed by atoms with E-state index in [4.69, 9.17) is 9.84 Å². The minimum atomic E-state index is -0.467. The Labute approximate surface area is 153 Å². The standard InChI is InChI=1S/C17H18N4O4S/c1-20-14-12(16(23)21(2)17(20)24)15(26-9-8-22)19-13(18-14)10-6-4-5-7-11(10)25-3/h4-7,22H,8-9H2,1-3H3. The van der Waals surface area contributed by atoms with E-state index in [-0.39, 0.29) is 17.6 Å². The number of hydrogen-bond acceptors (Lipinski definition) is 7. The van der Waals surface area contributed by atoms with E-state index in [0.717, 1.165) is 4.57 Å². The third kappa shape index (κ3) is 2.99. The summed E-state index contributed by atoms with van der Waals surface area (Å²) in [4.78, 5) is 33.9. The fourth-order valence-corrected chi connectivity index (χ4v) is 3.38. The van der Waals surface area contributed by atoms with Crippen molar-refractivity contribution in [3.8, 4) is 17.1 Å². The van der Waals surface area contributed by atoms with Crippen LogP contribution >= 0.6 is 11.8 Å². The molecule has 1 aromatic carbocycles. The number of aliphatic hydroxyl groups is 1. The van der Waals surface area contributed by atoms with Gasteiger partial charge in [-0.3, -0.25) is 13.9 Å². The predicted molar refractivity (Wildman–Crippen MR) is 99.8 cm³/mol. The molecule has 8 nitrogen and oxygen atoms in total. The Morgan fingerprint density at radius 2 is 1.88 bits per heavy atom. The van der Waals surface area contributed by atoms with Gasteiger partial charge in [0.05, 0.1) is 19.3 Å². The van der Waals surface area contributed by atoms with Crippen LogP contribution in [0.3, 0.4) is 0 Å². The van der Waals surface area contributed by atoms with Crippen molar-refractivity contribution in [3.63, 3.8) is 0 Å². The number of aromatic nitrogens is 4. The van der Waals surface area contributed by atoms with E-state index in [2.05, 4.69) is 9.97 Å². The molecule has 0 bridgehead atoms. The van der Waals surface area contributed by atoms with Crippen molar-refractivity contribution in [2.24, 2.45) is 14.1 Å². The van der Waals surface area contributed by atoms with E-state index in [0.29, 0.717) is 27.9 Å². The molecule has 0 saturated heterocycles. The number of rotatable bonds is 5. The molecule has 0 atom stereocenters. The minimum absolute atomic E-state index is 0.0633. The van der Waals surface area contributed by atoms with Crippen molar-refractivity contribution >= 4 is 22.8 Å². The number of ether oxygens (including phenoxy) is 1. The van der Waals surface area contributed by atoms with E-state index >= 15 is 0 Å². The second-order valence-corrected chi connectivity index (χ2v) is 6.61. The van der Waals surface area contributed by atoms with Gasteiger partial charge in [-0.1, -0.05) is 12.1 Å². The highest BCUT2D eigenvalue weighted by Gasteiger charge is 2.19. The van der Waals surface area contributed by atoms with E-state index < -0.39 is 11.2 Å². The molecule has 2 aromatic heterocycles. The summed E-state index contributed by atoms with van der Waals surface area (Å²) in [6.45, 7) is -0.0633. The summed E-state index contributed by atoms with van der Waals surface area (Å²) >= 11 is 1.24. The zero-order valence-electron chi connectivity index (χ0n) is 14.6. The van der Waals surface area contributed by atoms with Crippen molar-refractivity contribution < 1.29 is 9.84 Å². The molecular formula is C17H18N4O4S. The van der Waals surface area contributed by atoms with Gasteiger partial charge in [0.1, 0.15) is 16.2 Å². The van der Waals surface area contributed by atoms with E-state index in [1.807, 2.05) is 12.1 Å². The number of para-hydroxylation sites is 1. The van der Waals surface area contributed by atoms with Crippen LogP contribution in [0.15, 0.2) is 38.9 Å². The van der Waals surface area contributed by atoms with Crippen LogP contribution in [0.1, 0.15) is 0 Å². The fourth-order valence-electron chi connectivity index (χ4n) is 2.63. The zero-order valence-corrected chi connectivity index (χ0v) is 15.4. The Morgan fingerprint density at radius 1 is 1.15 bits per heavy atom. The van der Waals surface area contributed by atoms with Crippen molar-refractivity contribution in [2.45, 2.75) is 5.03 Å². The van der Waals surface area contributed by atoms with Gasteiger partial charge in [0.2, 0.25) is 0 Å². The Morgan fingerprint density at radius 3 is 2.58 bits per heavy atom. The summed E-state index contributed by atoms with van der Waals surface area (Å²) in [5.41, 5.74) is -0.0364. The number of hydrogen-bond donors (Lipinski definition) is 1. The maximum Gasteiger partial charge on any atom is 0.332 e. The lowest BCUT2D eigenvalue weighted by atomic mass is 10.2. The first kappa shape index (κ1) is 18.2. The molecule has 2 heterocycles. The lowest BCUT2D eigenvalue weighted by Crippen LogP contribution is -2.37. The Kier molecular flexibility index (Phi) is 5.10. The van der Waals surface area contributed by atoms with Crippen LogP contribution in [-0.4, -0.2) is 43.7 Å². The third-order valence-electron chi connectivity index (χ3n) is 3.94. The second-order valence-electron chi connectivity index (χ2n) is 5.53. The van der Waals surface area contributed by atoms with Crippen molar-refractivity contribution in [2.75, 3.05) is 19.5 Å². The molecule has 0 radical (unpaired) electrons. The van der Waals surface area contributed by atoms with Crippen LogP contribution in [0.4, 0.5) is 0 Å². The van der Waals surface area contributed by atoms with Gasteiger partial charge in [-0.15, -0.1) is 11.8 Å². The van der Waals surface area contributed by atoms with Gasteiger partial charge in [0.25, 0.3) is 5.56 Å². The molecule has 9 heteroatoms. The molecule has 0 aliphatic rings. The van der Waals surface area contributed by atoms with Crippen LogP contribution in [0.5, 0.6) is 5.75 Å². The van der Waals surface area contributed by atoms with E-state index in [1.165, 1.54) is 23.4 Å². The Bertz CT molecular complexity index is 1090. The lowest BCUT2D eigenvalue weighted by Gasteiger charge is -2.13. The zero-order chi connectivity index (χ0) is 18.8. The highest BCUT2D eigenvalue weighted by atomic mass is 32.2. The van der Waals surface area contributed by atoms with Gasteiger partial charge in [-0.05, 0) is 12.1 Å². The maximum atomic E-state index is 12.6. The first-order valence-corrected chi connectivity index (χ1v) is 8.83. The number of fused-ring (bicyclic) bond motifs is 1. The predicted octanol–water partition coefficient (Wildman–Crippen LogP) is 0.787. The van der Waals surface area contributed by atoms with Gasteiger partial charge in [-0.2, -0.15) is 0 Å². The molecule has 136 valence electrons. The molecule has 0 unspecified atom stereocenters. The topological polar surface area (TPSA) is 99.2 Å². The minimum Gasteiger partial charge on any atom is -0.496 e. The molecule has 26 heavy (non-hydrogen) atoms. The van der Waals surface area contributed by atoms with Crippen LogP contribution in [0.2, 0.25) is 0 Å². The van der Waals surface area contributed by atoms with Gasteiger partial charge in [-0.25, -0.2) is 14.8 Å². The normalized spacial score (nSPS) is 11.1. The van der Waals surface area contributed by atoms with Crippen LogP contribution in [0.25, 0.3) is 22.4 Å². The number of aryl methyl sites for hydroxylation is 1. The van der Waals surface area contributed by atoms with E-state index in [9.17, 15) is 9.59 Å². The third-order valence-corrected chi connectivity index (χ3v) is 4.90. The molecule has 0 aliphatic heterocycles. The van der Waals surface area contributed by atoms with Crippen molar-refractivity contribution in [1.29, 1.82) is 0 Å². The van der Waals surface area contributed by atoms with Crippen LogP contribution in [0, 0.1) is 0 Å². The molecular weight excluding hydrogens is 356 g/mol. The quantitative estimate of drug-likeness (QED) is 0.521. The number of aliphatic hydroxyl groups excluding tert-OH is 1. The highest BCUT2D eigenvalue weighted by molar-refractivity contribution is 7.99. The van der Waals surface area contributed by atoms with E-state index in [1.54, 1.807) is 26.3 Å². The lowest BCUT2D eigenvalue weighted by molar-refractivity contribution is 0.322. The van der Waals surface area contributed by atoms with Crippen molar-refractivity contribution in [3.05, 3.63) is 45.1 Å². The van der Waals surface area contributed by atoms with Crippen molar-refractivity contribution in [1.82, 2.24) is 19.1 Å². The molecule has 0 saturated carbocycles. The monoisotopic (exact) mass is 374 g/mol. The molecule has 1 N–H and O–H groups in total. The summed E-state index contributed by atoms with van der Waals surface area (Å²) in [7, 11) is 4.52.